The molecule has 1 aliphatic heterocycles. The summed E-state index contributed by atoms with van der Waals surface area (Å²) in [4.78, 5) is 33.9. The molecule has 0 aliphatic carbocycles. The van der Waals surface area contributed by atoms with Gasteiger partial charge < -0.3 is 9.30 Å². The number of nitrogens with zero attached hydrogens (tertiary/aromatic N) is 3. The minimum atomic E-state index is -0.445. The van der Waals surface area contributed by atoms with Crippen LogP contribution in [0.1, 0.15) is 11.1 Å². The van der Waals surface area contributed by atoms with E-state index >= 15 is 0 Å². The van der Waals surface area contributed by atoms with E-state index in [9.17, 15) is 9.59 Å². The molecule has 2 amide bonds. The second kappa shape index (κ2) is 6.97. The number of hydrogen-bond donors (Lipinski definition) is 1. The smallest absolute Gasteiger partial charge is 0.259 e. The Morgan fingerprint density at radius 3 is 2.30 bits per heavy atom. The maximum Gasteiger partial charge on any atom is 0.259 e. The number of rotatable bonds is 4. The lowest BCUT2D eigenvalue weighted by atomic mass is 9.95. The van der Waals surface area contributed by atoms with Crippen molar-refractivity contribution < 1.29 is 14.3 Å². The van der Waals surface area contributed by atoms with Gasteiger partial charge in [0.15, 0.2) is 0 Å². The van der Waals surface area contributed by atoms with Crippen molar-refractivity contribution in [2.45, 2.75) is 0 Å². The third-order valence-corrected chi connectivity index (χ3v) is 5.11. The molecular formula is C23H16N4O3. The molecule has 0 radical (unpaired) electrons. The first-order chi connectivity index (χ1) is 14.7. The molecule has 7 nitrogen and oxygen atoms in total. The van der Waals surface area contributed by atoms with Crippen LogP contribution in [0.2, 0.25) is 0 Å². The Kier molecular flexibility index (Phi) is 4.14. The van der Waals surface area contributed by atoms with Crippen molar-refractivity contribution in [3.8, 4) is 11.4 Å². The summed E-state index contributed by atoms with van der Waals surface area (Å²) >= 11 is 0. The number of hydrogen-bond acceptors (Lipinski definition) is 5. The SMILES string of the molecule is COc1ccccc1C1=C(c2cn(-c3cncnc3)c3ccccc23)C(=O)NC1=O. The monoisotopic (exact) mass is 396 g/mol. The average Bonchev–Trinajstić information content (AvgIpc) is 3.30. The molecule has 2 aromatic heterocycles. The van der Waals surface area contributed by atoms with Crippen LogP contribution in [0.5, 0.6) is 5.75 Å². The summed E-state index contributed by atoms with van der Waals surface area (Å²) in [5.74, 6) is -0.359. The normalized spacial score (nSPS) is 13.8. The molecular weight excluding hydrogens is 380 g/mol. The predicted molar refractivity (Wildman–Crippen MR) is 112 cm³/mol. The molecule has 2 aromatic carbocycles. The largest absolute Gasteiger partial charge is 0.496 e. The quantitative estimate of drug-likeness (QED) is 0.536. The van der Waals surface area contributed by atoms with E-state index in [2.05, 4.69) is 15.3 Å². The van der Waals surface area contributed by atoms with Crippen LogP contribution in [0.15, 0.2) is 73.4 Å². The summed E-state index contributed by atoms with van der Waals surface area (Å²) in [5, 5.41) is 3.28. The number of methoxy groups -OCH3 is 1. The number of aromatic nitrogens is 3. The first-order valence-electron chi connectivity index (χ1n) is 9.28. The van der Waals surface area contributed by atoms with E-state index in [4.69, 9.17) is 4.74 Å². The average molecular weight is 396 g/mol. The van der Waals surface area contributed by atoms with Gasteiger partial charge in [-0.2, -0.15) is 0 Å². The highest BCUT2D eigenvalue weighted by molar-refractivity contribution is 6.50. The van der Waals surface area contributed by atoms with Crippen molar-refractivity contribution in [3.05, 3.63) is 84.6 Å². The molecule has 1 N–H and O–H groups in total. The molecule has 0 fully saturated rings. The minimum Gasteiger partial charge on any atom is -0.496 e. The van der Waals surface area contributed by atoms with Gasteiger partial charge in [-0.1, -0.05) is 36.4 Å². The van der Waals surface area contributed by atoms with Crippen molar-refractivity contribution in [3.63, 3.8) is 0 Å². The third-order valence-electron chi connectivity index (χ3n) is 5.11. The van der Waals surface area contributed by atoms with Crippen molar-refractivity contribution in [2.24, 2.45) is 0 Å². The highest BCUT2D eigenvalue weighted by Gasteiger charge is 2.35. The molecule has 0 bridgehead atoms. The minimum absolute atomic E-state index is 0.296. The molecule has 1 aliphatic rings. The van der Waals surface area contributed by atoms with E-state index in [1.165, 1.54) is 13.4 Å². The van der Waals surface area contributed by atoms with Gasteiger partial charge in [0.1, 0.15) is 12.1 Å². The fourth-order valence-corrected chi connectivity index (χ4v) is 3.83. The lowest BCUT2D eigenvalue weighted by molar-refractivity contribution is -0.122. The maximum absolute atomic E-state index is 12.9. The van der Waals surface area contributed by atoms with E-state index in [-0.39, 0.29) is 0 Å². The van der Waals surface area contributed by atoms with Gasteiger partial charge in [-0.15, -0.1) is 0 Å². The number of nitrogens with one attached hydrogen (secondary N) is 1. The molecule has 0 saturated carbocycles. The van der Waals surface area contributed by atoms with Gasteiger partial charge in [0.05, 0.1) is 41.9 Å². The van der Waals surface area contributed by atoms with Crippen LogP contribution in [0, 0.1) is 0 Å². The van der Waals surface area contributed by atoms with E-state index in [1.807, 2.05) is 47.2 Å². The second-order valence-corrected chi connectivity index (χ2v) is 6.76. The number of amides is 2. The van der Waals surface area contributed by atoms with Crippen LogP contribution in [-0.2, 0) is 9.59 Å². The van der Waals surface area contributed by atoms with Crippen LogP contribution in [0.4, 0.5) is 0 Å². The lowest BCUT2D eigenvalue weighted by Crippen LogP contribution is -2.22. The van der Waals surface area contributed by atoms with Gasteiger partial charge in [-0.05, 0) is 12.1 Å². The molecule has 5 rings (SSSR count). The molecule has 30 heavy (non-hydrogen) atoms. The zero-order chi connectivity index (χ0) is 20.7. The second-order valence-electron chi connectivity index (χ2n) is 6.76. The van der Waals surface area contributed by atoms with Crippen LogP contribution in [0.3, 0.4) is 0 Å². The lowest BCUT2D eigenvalue weighted by Gasteiger charge is -2.09. The Hall–Kier alpha value is -4.26. The molecule has 4 aromatic rings. The fraction of sp³-hybridized carbons (Fsp3) is 0.0435. The number of para-hydroxylation sites is 2. The Morgan fingerprint density at radius 1 is 0.867 bits per heavy atom. The van der Waals surface area contributed by atoms with E-state index in [0.717, 1.165) is 16.6 Å². The number of benzene rings is 2. The number of carbonyl (C=O) groups excluding carboxylic acids is 2. The number of carbonyl (C=O) groups is 2. The Morgan fingerprint density at radius 2 is 1.53 bits per heavy atom. The number of imide groups is 1. The van der Waals surface area contributed by atoms with Crippen molar-refractivity contribution in [1.29, 1.82) is 0 Å². The van der Waals surface area contributed by atoms with Gasteiger partial charge in [0.2, 0.25) is 0 Å². The number of ether oxygens (including phenoxy) is 1. The Labute approximate surface area is 171 Å². The van der Waals surface area contributed by atoms with Crippen LogP contribution in [0.25, 0.3) is 27.7 Å². The molecule has 146 valence electrons. The van der Waals surface area contributed by atoms with E-state index in [0.29, 0.717) is 28.0 Å². The van der Waals surface area contributed by atoms with Gasteiger partial charge in [-0.25, -0.2) is 9.97 Å². The highest BCUT2D eigenvalue weighted by atomic mass is 16.5. The van der Waals surface area contributed by atoms with Gasteiger partial charge in [-0.3, -0.25) is 14.9 Å². The zero-order valence-corrected chi connectivity index (χ0v) is 16.0. The molecule has 0 spiro atoms. The standard InChI is InChI=1S/C23H16N4O3/c1-30-19-9-5-3-7-16(19)20-21(23(29)26-22(20)28)17-12-27(14-10-24-13-25-11-14)18-8-4-2-6-15(17)18/h2-13H,1H3,(H,26,28,29). The summed E-state index contributed by atoms with van der Waals surface area (Å²) in [6.45, 7) is 0. The summed E-state index contributed by atoms with van der Waals surface area (Å²) < 4.78 is 7.35. The van der Waals surface area contributed by atoms with E-state index < -0.39 is 11.8 Å². The van der Waals surface area contributed by atoms with Crippen LogP contribution in [-0.4, -0.2) is 33.5 Å². The summed E-state index contributed by atoms with van der Waals surface area (Å²) in [7, 11) is 1.54. The summed E-state index contributed by atoms with van der Waals surface area (Å²) in [6.07, 6.45) is 6.69. The maximum atomic E-state index is 12.9. The fourth-order valence-electron chi connectivity index (χ4n) is 3.83. The first kappa shape index (κ1) is 17.8. The van der Waals surface area contributed by atoms with Crippen molar-refractivity contribution in [1.82, 2.24) is 19.9 Å². The molecule has 0 saturated heterocycles. The predicted octanol–water partition coefficient (Wildman–Crippen LogP) is 3.00. The van der Waals surface area contributed by atoms with Crippen molar-refractivity contribution >= 4 is 33.9 Å². The van der Waals surface area contributed by atoms with E-state index in [1.54, 1.807) is 24.5 Å². The Bertz CT molecular complexity index is 1340. The number of fused-ring (bicyclic) bond motifs is 1. The van der Waals surface area contributed by atoms with Crippen LogP contribution < -0.4 is 10.1 Å². The van der Waals surface area contributed by atoms with Crippen molar-refractivity contribution in [2.75, 3.05) is 7.11 Å². The van der Waals surface area contributed by atoms with Crippen LogP contribution >= 0.6 is 0 Å². The van der Waals surface area contributed by atoms with Gasteiger partial charge >= 0.3 is 0 Å². The summed E-state index contributed by atoms with van der Waals surface area (Å²) in [6, 6.07) is 14.9. The molecule has 3 heterocycles. The topological polar surface area (TPSA) is 86.1 Å². The highest BCUT2D eigenvalue weighted by Crippen LogP contribution is 2.39. The zero-order valence-electron chi connectivity index (χ0n) is 16.0. The molecule has 0 atom stereocenters. The molecule has 7 heteroatoms. The van der Waals surface area contributed by atoms with Gasteiger partial charge in [0.25, 0.3) is 11.8 Å². The first-order valence-corrected chi connectivity index (χ1v) is 9.28. The summed E-state index contributed by atoms with van der Waals surface area (Å²) in [5.41, 5.74) is 3.46. The molecule has 0 unspecified atom stereocenters. The third kappa shape index (κ3) is 2.68. The Balaban J connectivity index is 1.83. The van der Waals surface area contributed by atoms with Gasteiger partial charge in [0, 0.05) is 22.7 Å².